The van der Waals surface area contributed by atoms with Crippen molar-refractivity contribution in [1.29, 1.82) is 0 Å². The number of nitrogens with zero attached hydrogens (tertiary/aromatic N) is 2. The zero-order valence-electron chi connectivity index (χ0n) is 20.6. The third-order valence-electron chi connectivity index (χ3n) is 9.02. The van der Waals surface area contributed by atoms with E-state index in [2.05, 4.69) is 121 Å². The van der Waals surface area contributed by atoms with Crippen LogP contribution >= 0.6 is 0 Å². The van der Waals surface area contributed by atoms with Crippen LogP contribution in [0.1, 0.15) is 25.0 Å². The summed E-state index contributed by atoms with van der Waals surface area (Å²) in [6.45, 7) is 4.82. The molecule has 0 amide bonds. The van der Waals surface area contributed by atoms with Gasteiger partial charge >= 0.3 is 0 Å². The first-order valence-corrected chi connectivity index (χ1v) is 12.8. The van der Waals surface area contributed by atoms with E-state index in [-0.39, 0.29) is 5.41 Å². The van der Waals surface area contributed by atoms with E-state index in [4.69, 9.17) is 0 Å². The number of para-hydroxylation sites is 1. The Balaban J connectivity index is 1.75. The van der Waals surface area contributed by atoms with Crippen molar-refractivity contribution >= 4 is 59.9 Å². The van der Waals surface area contributed by atoms with Crippen LogP contribution in [0.4, 0.5) is 0 Å². The molecule has 36 heavy (non-hydrogen) atoms. The van der Waals surface area contributed by atoms with Gasteiger partial charge in [0.1, 0.15) is 0 Å². The Morgan fingerprint density at radius 3 is 2.11 bits per heavy atom. The Labute approximate surface area is 208 Å². The highest BCUT2D eigenvalue weighted by Gasteiger charge is 2.38. The molecule has 0 spiro atoms. The van der Waals surface area contributed by atoms with E-state index >= 15 is 0 Å². The molecular formula is C34H24N2. The fourth-order valence-electron chi connectivity index (χ4n) is 7.57. The number of rotatable bonds is 0. The van der Waals surface area contributed by atoms with Gasteiger partial charge < -0.3 is 8.97 Å². The number of hydrogen-bond donors (Lipinski definition) is 0. The lowest BCUT2D eigenvalue weighted by Gasteiger charge is -2.23. The monoisotopic (exact) mass is 460 g/mol. The normalized spacial score (nSPS) is 14.8. The van der Waals surface area contributed by atoms with Crippen LogP contribution in [0.25, 0.3) is 71.0 Å². The van der Waals surface area contributed by atoms with Crippen LogP contribution in [0, 0.1) is 0 Å². The Hall–Kier alpha value is -4.30. The van der Waals surface area contributed by atoms with Crippen LogP contribution in [-0.4, -0.2) is 8.97 Å². The summed E-state index contributed by atoms with van der Waals surface area (Å²) in [5, 5.41) is 8.15. The van der Waals surface area contributed by atoms with Crippen LogP contribution in [0.15, 0.2) is 91.0 Å². The first-order valence-electron chi connectivity index (χ1n) is 12.8. The molecule has 9 rings (SSSR count). The van der Waals surface area contributed by atoms with Crippen molar-refractivity contribution in [2.45, 2.75) is 19.3 Å². The van der Waals surface area contributed by atoms with Gasteiger partial charge in [0.15, 0.2) is 0 Å². The minimum Gasteiger partial charge on any atom is -0.344 e. The predicted molar refractivity (Wildman–Crippen MR) is 153 cm³/mol. The Bertz CT molecular complexity index is 2240. The van der Waals surface area contributed by atoms with E-state index in [1.807, 2.05) is 0 Å². The third kappa shape index (κ3) is 1.89. The molecule has 0 bridgehead atoms. The maximum Gasteiger partial charge on any atom is 0.0623 e. The Kier molecular flexibility index (Phi) is 3.11. The average molecular weight is 461 g/mol. The third-order valence-corrected chi connectivity index (χ3v) is 9.02. The SMILES string of the molecule is Cn1c2cccc3c4c5c(cc6c7ccccc7n(c7cccc1c7c32)c64)-c1ccccc1C5(C)C. The van der Waals surface area contributed by atoms with E-state index in [1.54, 1.807) is 0 Å². The highest BCUT2D eigenvalue weighted by atomic mass is 15.0. The van der Waals surface area contributed by atoms with Gasteiger partial charge in [-0.15, -0.1) is 0 Å². The highest BCUT2D eigenvalue weighted by molar-refractivity contribution is 6.32. The molecule has 0 atom stereocenters. The maximum absolute atomic E-state index is 2.56. The molecule has 3 aromatic heterocycles. The number of benzene rings is 5. The van der Waals surface area contributed by atoms with Crippen molar-refractivity contribution in [3.05, 3.63) is 102 Å². The standard InChI is InChI=1S/C34H24N2/c1-34(2)24-13-6-4-10-19(24)22-18-23-20-11-5-7-14-25(20)36-28-17-9-16-27-31(28)29-21(30(32(22)34)33(23)36)12-8-15-26(29)35(27)3/h4-18H,1-3H3. The topological polar surface area (TPSA) is 9.34 Å². The quantitative estimate of drug-likeness (QED) is 0.214. The molecule has 1 aliphatic carbocycles. The molecule has 0 N–H and O–H groups in total. The van der Waals surface area contributed by atoms with Crippen molar-refractivity contribution in [1.82, 2.24) is 8.97 Å². The van der Waals surface area contributed by atoms with Gasteiger partial charge in [-0.05, 0) is 58.0 Å². The van der Waals surface area contributed by atoms with Gasteiger partial charge in [-0.1, -0.05) is 74.5 Å². The molecule has 2 heteroatoms. The number of fused-ring (bicyclic) bond motifs is 9. The second-order valence-corrected chi connectivity index (χ2v) is 11.0. The van der Waals surface area contributed by atoms with Crippen LogP contribution < -0.4 is 0 Å². The Morgan fingerprint density at radius 1 is 0.556 bits per heavy atom. The summed E-state index contributed by atoms with van der Waals surface area (Å²) in [5.41, 5.74) is 12.0. The summed E-state index contributed by atoms with van der Waals surface area (Å²) >= 11 is 0. The van der Waals surface area contributed by atoms with Gasteiger partial charge in [0.25, 0.3) is 0 Å². The maximum atomic E-state index is 2.56. The molecule has 0 fully saturated rings. The predicted octanol–water partition coefficient (Wildman–Crippen LogP) is 8.79. The van der Waals surface area contributed by atoms with Crippen molar-refractivity contribution in [3.63, 3.8) is 0 Å². The number of aromatic nitrogens is 2. The average Bonchev–Trinajstić information content (AvgIpc) is 3.44. The lowest BCUT2D eigenvalue weighted by molar-refractivity contribution is 0.666. The molecule has 3 heterocycles. The first-order chi connectivity index (χ1) is 17.6. The molecule has 0 unspecified atom stereocenters. The fraction of sp³-hybridized carbons (Fsp3) is 0.118. The van der Waals surface area contributed by atoms with Crippen molar-refractivity contribution in [2.24, 2.45) is 7.05 Å². The van der Waals surface area contributed by atoms with E-state index < -0.39 is 0 Å². The van der Waals surface area contributed by atoms with Gasteiger partial charge in [-0.3, -0.25) is 0 Å². The largest absolute Gasteiger partial charge is 0.344 e. The fourth-order valence-corrected chi connectivity index (χ4v) is 7.57. The molecule has 0 aliphatic heterocycles. The number of aryl methyl sites for hydroxylation is 1. The summed E-state index contributed by atoms with van der Waals surface area (Å²) in [7, 11) is 2.21. The zero-order chi connectivity index (χ0) is 23.9. The lowest BCUT2D eigenvalue weighted by atomic mass is 9.80. The van der Waals surface area contributed by atoms with Gasteiger partial charge in [0.2, 0.25) is 0 Å². The molecule has 0 saturated carbocycles. The van der Waals surface area contributed by atoms with Crippen LogP contribution in [0.3, 0.4) is 0 Å². The number of hydrogen-bond acceptors (Lipinski definition) is 0. The second kappa shape index (κ2) is 5.91. The minimum absolute atomic E-state index is 0.0939. The molecule has 0 radical (unpaired) electrons. The van der Waals surface area contributed by atoms with Crippen LogP contribution in [0.2, 0.25) is 0 Å². The summed E-state index contributed by atoms with van der Waals surface area (Å²) < 4.78 is 4.93. The second-order valence-electron chi connectivity index (χ2n) is 11.0. The summed E-state index contributed by atoms with van der Waals surface area (Å²) in [6, 6.07) is 34.1. The van der Waals surface area contributed by atoms with E-state index in [1.165, 1.54) is 82.2 Å². The van der Waals surface area contributed by atoms with Crippen molar-refractivity contribution in [2.75, 3.05) is 0 Å². The van der Waals surface area contributed by atoms with E-state index in [0.29, 0.717) is 0 Å². The highest BCUT2D eigenvalue weighted by Crippen LogP contribution is 2.55. The summed E-state index contributed by atoms with van der Waals surface area (Å²) in [6.07, 6.45) is 0. The van der Waals surface area contributed by atoms with E-state index in [9.17, 15) is 0 Å². The molecule has 2 nitrogen and oxygen atoms in total. The molecule has 0 saturated heterocycles. The van der Waals surface area contributed by atoms with Crippen LogP contribution in [0.5, 0.6) is 0 Å². The van der Waals surface area contributed by atoms with E-state index in [0.717, 1.165) is 0 Å². The van der Waals surface area contributed by atoms with Gasteiger partial charge in [-0.2, -0.15) is 0 Å². The van der Waals surface area contributed by atoms with Crippen molar-refractivity contribution in [3.8, 4) is 11.1 Å². The van der Waals surface area contributed by atoms with Crippen molar-refractivity contribution < 1.29 is 0 Å². The molecule has 1 aliphatic rings. The van der Waals surface area contributed by atoms with Gasteiger partial charge in [0.05, 0.1) is 22.1 Å². The molecule has 170 valence electrons. The zero-order valence-corrected chi connectivity index (χ0v) is 20.6. The first kappa shape index (κ1) is 19.0. The lowest BCUT2D eigenvalue weighted by Crippen LogP contribution is -2.15. The molecule has 8 aromatic rings. The van der Waals surface area contributed by atoms with Crippen LogP contribution in [-0.2, 0) is 12.5 Å². The molecular weight excluding hydrogens is 436 g/mol. The summed E-state index contributed by atoms with van der Waals surface area (Å²) in [4.78, 5) is 0. The molecule has 5 aromatic carbocycles. The minimum atomic E-state index is -0.0939. The van der Waals surface area contributed by atoms with Gasteiger partial charge in [-0.25, -0.2) is 0 Å². The smallest absolute Gasteiger partial charge is 0.0623 e. The Morgan fingerprint density at radius 2 is 1.22 bits per heavy atom. The summed E-state index contributed by atoms with van der Waals surface area (Å²) in [5.74, 6) is 0. The van der Waals surface area contributed by atoms with Gasteiger partial charge in [0, 0.05) is 44.9 Å².